The number of aromatic nitrogens is 3. The molecule has 2 heterocycles. The van der Waals surface area contributed by atoms with Crippen molar-refractivity contribution in [1.29, 1.82) is 0 Å². The van der Waals surface area contributed by atoms with Gasteiger partial charge in [-0.2, -0.15) is 5.10 Å². The van der Waals surface area contributed by atoms with E-state index in [0.717, 1.165) is 6.42 Å². The highest BCUT2D eigenvalue weighted by atomic mass is 32.1. The first-order valence-corrected chi connectivity index (χ1v) is 13.6. The molecule has 1 N–H and O–H groups in total. The molecule has 0 spiro atoms. The molecule has 0 bridgehead atoms. The highest BCUT2D eigenvalue weighted by Crippen LogP contribution is 2.33. The van der Waals surface area contributed by atoms with E-state index in [1.165, 1.54) is 32.4 Å². The van der Waals surface area contributed by atoms with E-state index < -0.39 is 54.4 Å². The summed E-state index contributed by atoms with van der Waals surface area (Å²) in [6, 6.07) is 8.03. The molecule has 1 amide bonds. The van der Waals surface area contributed by atoms with Crippen molar-refractivity contribution in [2.45, 2.75) is 91.2 Å². The highest BCUT2D eigenvalue weighted by Gasteiger charge is 2.52. The van der Waals surface area contributed by atoms with E-state index in [9.17, 15) is 19.2 Å². The minimum Gasteiger partial charge on any atom is -0.486 e. The van der Waals surface area contributed by atoms with Crippen molar-refractivity contribution in [1.82, 2.24) is 19.7 Å². The van der Waals surface area contributed by atoms with Crippen molar-refractivity contribution in [3.05, 3.63) is 40.9 Å². The van der Waals surface area contributed by atoms with Crippen LogP contribution in [0.3, 0.4) is 0 Å². The zero-order valence-electron chi connectivity index (χ0n) is 23.9. The summed E-state index contributed by atoms with van der Waals surface area (Å²) in [7, 11) is 0. The van der Waals surface area contributed by atoms with Gasteiger partial charge in [-0.15, -0.1) is 0 Å². The molecule has 14 heteroatoms. The molecule has 41 heavy (non-hydrogen) atoms. The summed E-state index contributed by atoms with van der Waals surface area (Å²) in [5.41, 5.74) is 0. The van der Waals surface area contributed by atoms with E-state index in [1.54, 1.807) is 0 Å². The van der Waals surface area contributed by atoms with Crippen molar-refractivity contribution < 1.29 is 42.9 Å². The fourth-order valence-corrected chi connectivity index (χ4v) is 4.94. The minimum absolute atomic E-state index is 0.0723. The van der Waals surface area contributed by atoms with Crippen molar-refractivity contribution in [3.63, 3.8) is 0 Å². The van der Waals surface area contributed by atoms with Crippen LogP contribution in [-0.2, 0) is 44.7 Å². The zero-order chi connectivity index (χ0) is 30.3. The summed E-state index contributed by atoms with van der Waals surface area (Å²) in [6.45, 7) is 8.57. The Morgan fingerprint density at radius 3 is 2.22 bits per heavy atom. The fourth-order valence-electron chi connectivity index (χ4n) is 4.51. The number of para-hydroxylation sites is 1. The van der Waals surface area contributed by atoms with Crippen LogP contribution in [0.1, 0.15) is 66.1 Å². The number of hydrogen-bond donors (Lipinski definition) is 1. The van der Waals surface area contributed by atoms with Gasteiger partial charge >= 0.3 is 17.9 Å². The third-order valence-corrected chi connectivity index (χ3v) is 6.76. The van der Waals surface area contributed by atoms with Gasteiger partial charge in [-0.25, -0.2) is 4.68 Å². The van der Waals surface area contributed by atoms with Gasteiger partial charge in [-0.05, 0) is 37.7 Å². The molecular formula is C27H36N4O9S. The number of carbonyl (C=O) groups excluding carboxylic acids is 4. The summed E-state index contributed by atoms with van der Waals surface area (Å²) in [5.74, 6) is -1.34. The lowest BCUT2D eigenvalue weighted by atomic mass is 9.95. The molecular weight excluding hydrogens is 556 g/mol. The quantitative estimate of drug-likeness (QED) is 0.233. The summed E-state index contributed by atoms with van der Waals surface area (Å²) in [4.78, 5) is 48.2. The summed E-state index contributed by atoms with van der Waals surface area (Å²) in [5, 5.41) is 7.47. The maximum Gasteiger partial charge on any atom is 0.303 e. The Kier molecular flexibility index (Phi) is 11.0. The topological polar surface area (TPSA) is 149 Å². The number of benzene rings is 1. The van der Waals surface area contributed by atoms with E-state index in [2.05, 4.69) is 5.32 Å². The lowest BCUT2D eigenvalue weighted by Crippen LogP contribution is -2.64. The van der Waals surface area contributed by atoms with Gasteiger partial charge in [-0.3, -0.25) is 23.7 Å². The second kappa shape index (κ2) is 14.2. The Hall–Kier alpha value is -3.78. The van der Waals surface area contributed by atoms with E-state index in [4.69, 9.17) is 41.0 Å². The van der Waals surface area contributed by atoms with Gasteiger partial charge < -0.3 is 29.0 Å². The first kappa shape index (κ1) is 31.7. The maximum absolute atomic E-state index is 12.4. The smallest absolute Gasteiger partial charge is 0.303 e. The molecule has 0 saturated carbocycles. The van der Waals surface area contributed by atoms with Crippen LogP contribution in [0.15, 0.2) is 30.3 Å². The van der Waals surface area contributed by atoms with Crippen LogP contribution < -0.4 is 10.1 Å². The Labute approximate surface area is 243 Å². The van der Waals surface area contributed by atoms with Gasteiger partial charge in [0, 0.05) is 33.7 Å². The summed E-state index contributed by atoms with van der Waals surface area (Å²) in [6.07, 6.45) is -3.99. The molecule has 0 aliphatic carbocycles. The molecule has 1 aliphatic heterocycles. The van der Waals surface area contributed by atoms with Crippen LogP contribution >= 0.6 is 12.2 Å². The molecule has 224 valence electrons. The first-order chi connectivity index (χ1) is 19.4. The van der Waals surface area contributed by atoms with E-state index in [-0.39, 0.29) is 24.0 Å². The van der Waals surface area contributed by atoms with Gasteiger partial charge in [0.15, 0.2) is 24.3 Å². The van der Waals surface area contributed by atoms with Crippen molar-refractivity contribution in [2.75, 3.05) is 6.61 Å². The Balaban J connectivity index is 2.13. The Morgan fingerprint density at radius 1 is 1.02 bits per heavy atom. The number of nitrogens with one attached hydrogen (secondary N) is 1. The highest BCUT2D eigenvalue weighted by molar-refractivity contribution is 7.71. The van der Waals surface area contributed by atoms with Gasteiger partial charge in [0.1, 0.15) is 31.1 Å². The van der Waals surface area contributed by atoms with Crippen LogP contribution in [0.25, 0.3) is 0 Å². The average molecular weight is 593 g/mol. The summed E-state index contributed by atoms with van der Waals surface area (Å²) >= 11 is 5.84. The number of rotatable bonds is 11. The van der Waals surface area contributed by atoms with E-state index in [1.807, 2.05) is 48.7 Å². The van der Waals surface area contributed by atoms with Crippen molar-refractivity contribution >= 4 is 36.0 Å². The normalized spacial score (nSPS) is 22.7. The number of esters is 3. The van der Waals surface area contributed by atoms with Crippen LogP contribution in [-0.4, -0.2) is 69.1 Å². The molecule has 13 nitrogen and oxygen atoms in total. The number of ether oxygens (including phenoxy) is 5. The van der Waals surface area contributed by atoms with E-state index in [0.29, 0.717) is 11.6 Å². The molecule has 1 aromatic heterocycles. The van der Waals surface area contributed by atoms with Crippen LogP contribution in [0.5, 0.6) is 5.75 Å². The molecule has 0 radical (unpaired) electrons. The molecule has 1 unspecified atom stereocenters. The number of amides is 1. The third kappa shape index (κ3) is 8.13. The van der Waals surface area contributed by atoms with Gasteiger partial charge in [0.05, 0.1) is 0 Å². The second-order valence-electron chi connectivity index (χ2n) is 9.61. The van der Waals surface area contributed by atoms with Crippen LogP contribution in [0.2, 0.25) is 0 Å². The van der Waals surface area contributed by atoms with Gasteiger partial charge in [0.25, 0.3) is 0 Å². The number of nitrogens with zero attached hydrogens (tertiary/aromatic N) is 3. The standard InChI is InChI=1S/C27H36N4O9S/c1-7-15(2)30-22(14-37-20-11-9-8-10-12-20)29-31(27(30)41)26-23(28-16(3)32)25(39-19(6)35)24(38-18(5)34)21(40-26)13-36-17(4)33/h8-12,15,21,23-26H,7,13-14H2,1-6H3,(H,28,32)/t15?,21-,23-,24-,25-,26-/m1/s1. The molecule has 6 atom stereocenters. The van der Waals surface area contributed by atoms with Gasteiger partial charge in [-0.1, -0.05) is 25.1 Å². The number of carbonyl (C=O) groups is 4. The molecule has 1 saturated heterocycles. The Morgan fingerprint density at radius 2 is 1.66 bits per heavy atom. The zero-order valence-corrected chi connectivity index (χ0v) is 24.7. The van der Waals surface area contributed by atoms with Crippen molar-refractivity contribution in [2.24, 2.45) is 0 Å². The SMILES string of the molecule is CCC(C)n1c(COc2ccccc2)nn([C@@H]2O[C@H](COC(C)=O)[C@@H](OC(C)=O)[C@H](OC(C)=O)[C@H]2NC(C)=O)c1=S. The van der Waals surface area contributed by atoms with E-state index >= 15 is 0 Å². The van der Waals surface area contributed by atoms with Crippen LogP contribution in [0, 0.1) is 4.77 Å². The van der Waals surface area contributed by atoms with Gasteiger partial charge in [0.2, 0.25) is 10.7 Å². The summed E-state index contributed by atoms with van der Waals surface area (Å²) < 4.78 is 32.0. The molecule has 3 rings (SSSR count). The molecule has 1 fully saturated rings. The molecule has 1 aromatic carbocycles. The minimum atomic E-state index is -1.24. The average Bonchev–Trinajstić information content (AvgIpc) is 3.23. The van der Waals surface area contributed by atoms with Crippen molar-refractivity contribution in [3.8, 4) is 5.75 Å². The lowest BCUT2D eigenvalue weighted by molar-refractivity contribution is -0.239. The predicted molar refractivity (Wildman–Crippen MR) is 146 cm³/mol. The lowest BCUT2D eigenvalue weighted by Gasteiger charge is -2.45. The predicted octanol–water partition coefficient (Wildman–Crippen LogP) is 2.79. The van der Waals surface area contributed by atoms with Crippen LogP contribution in [0.4, 0.5) is 0 Å². The monoisotopic (exact) mass is 592 g/mol. The fraction of sp³-hybridized carbons (Fsp3) is 0.556. The maximum atomic E-state index is 12.4. The molecule has 2 aromatic rings. The third-order valence-electron chi connectivity index (χ3n) is 6.38. The number of hydrogen-bond acceptors (Lipinski definition) is 11. The largest absolute Gasteiger partial charge is 0.486 e. The second-order valence-corrected chi connectivity index (χ2v) is 9.98. The first-order valence-electron chi connectivity index (χ1n) is 13.2. The molecule has 1 aliphatic rings. The Bertz CT molecular complexity index is 1300.